The minimum atomic E-state index is -0.440. The van der Waals surface area contributed by atoms with Gasteiger partial charge in [0.15, 0.2) is 0 Å². The molecule has 0 aliphatic heterocycles. The van der Waals surface area contributed by atoms with Gasteiger partial charge in [0.2, 0.25) is 11.8 Å². The normalized spacial score (nSPS) is 10.7. The standard InChI is InChI=1S/C13H16BrN3O2/c1-9(2)16-12(18)7-13(19)17-15-8-10-4-3-5-11(14)6-10/h3-6,8-9H,7H2,1-2H3,(H,16,18)(H,17,19)/b15-8+. The lowest BCUT2D eigenvalue weighted by molar-refractivity contribution is -0.129. The lowest BCUT2D eigenvalue weighted by atomic mass is 10.2. The van der Waals surface area contributed by atoms with Gasteiger partial charge in [-0.15, -0.1) is 0 Å². The van der Waals surface area contributed by atoms with Crippen molar-refractivity contribution >= 4 is 34.0 Å². The molecule has 5 nitrogen and oxygen atoms in total. The van der Waals surface area contributed by atoms with Crippen LogP contribution in [0.3, 0.4) is 0 Å². The van der Waals surface area contributed by atoms with Crippen LogP contribution in [-0.2, 0) is 9.59 Å². The van der Waals surface area contributed by atoms with Crippen molar-refractivity contribution in [2.45, 2.75) is 26.3 Å². The van der Waals surface area contributed by atoms with E-state index in [1.165, 1.54) is 6.21 Å². The zero-order chi connectivity index (χ0) is 14.3. The van der Waals surface area contributed by atoms with E-state index in [1.807, 2.05) is 38.1 Å². The Balaban J connectivity index is 2.40. The summed E-state index contributed by atoms with van der Waals surface area (Å²) < 4.78 is 0.930. The van der Waals surface area contributed by atoms with Gasteiger partial charge in [-0.05, 0) is 31.5 Å². The number of benzene rings is 1. The van der Waals surface area contributed by atoms with Crippen molar-refractivity contribution in [2.24, 2.45) is 5.10 Å². The minimum absolute atomic E-state index is 0.0190. The number of nitrogens with one attached hydrogen (secondary N) is 2. The van der Waals surface area contributed by atoms with Gasteiger partial charge in [-0.3, -0.25) is 9.59 Å². The van der Waals surface area contributed by atoms with Gasteiger partial charge in [0.25, 0.3) is 0 Å². The molecule has 0 unspecified atom stereocenters. The van der Waals surface area contributed by atoms with Crippen molar-refractivity contribution < 1.29 is 9.59 Å². The first-order valence-electron chi connectivity index (χ1n) is 5.84. The third-order valence-corrected chi connectivity index (χ3v) is 2.52. The van der Waals surface area contributed by atoms with Crippen LogP contribution in [0, 0.1) is 0 Å². The maximum atomic E-state index is 11.4. The van der Waals surface area contributed by atoms with Crippen LogP contribution >= 0.6 is 15.9 Å². The van der Waals surface area contributed by atoms with Gasteiger partial charge in [-0.2, -0.15) is 5.10 Å². The Kier molecular flexibility index (Phi) is 6.21. The number of carbonyl (C=O) groups excluding carboxylic acids is 2. The fourth-order valence-corrected chi connectivity index (χ4v) is 1.74. The largest absolute Gasteiger partial charge is 0.353 e. The maximum absolute atomic E-state index is 11.4. The molecule has 6 heteroatoms. The van der Waals surface area contributed by atoms with E-state index in [-0.39, 0.29) is 18.4 Å². The van der Waals surface area contributed by atoms with Gasteiger partial charge in [0, 0.05) is 10.5 Å². The molecule has 102 valence electrons. The molecule has 0 fully saturated rings. The average Bonchev–Trinajstić information content (AvgIpc) is 2.27. The van der Waals surface area contributed by atoms with Crippen LogP contribution in [0.15, 0.2) is 33.8 Å². The van der Waals surface area contributed by atoms with Gasteiger partial charge in [-0.1, -0.05) is 28.1 Å². The lowest BCUT2D eigenvalue weighted by Crippen LogP contribution is -2.34. The number of rotatable bonds is 5. The van der Waals surface area contributed by atoms with E-state index in [1.54, 1.807) is 0 Å². The summed E-state index contributed by atoms with van der Waals surface area (Å²) in [5.41, 5.74) is 3.16. The number of carbonyl (C=O) groups is 2. The topological polar surface area (TPSA) is 70.6 Å². The molecule has 2 N–H and O–H groups in total. The van der Waals surface area contributed by atoms with Crippen LogP contribution in [0.25, 0.3) is 0 Å². The van der Waals surface area contributed by atoms with Crippen LogP contribution in [0.1, 0.15) is 25.8 Å². The first-order chi connectivity index (χ1) is 8.97. The quantitative estimate of drug-likeness (QED) is 0.492. The molecule has 19 heavy (non-hydrogen) atoms. The summed E-state index contributed by atoms with van der Waals surface area (Å²) >= 11 is 3.34. The second kappa shape index (κ2) is 7.68. The first kappa shape index (κ1) is 15.4. The molecule has 0 radical (unpaired) electrons. The highest BCUT2D eigenvalue weighted by atomic mass is 79.9. The smallest absolute Gasteiger partial charge is 0.249 e. The van der Waals surface area contributed by atoms with Gasteiger partial charge in [0.05, 0.1) is 6.21 Å². The van der Waals surface area contributed by atoms with Crippen LogP contribution in [0.4, 0.5) is 0 Å². The van der Waals surface area contributed by atoms with Crippen LogP contribution in [-0.4, -0.2) is 24.1 Å². The molecule has 0 bridgehead atoms. The van der Waals surface area contributed by atoms with Crippen molar-refractivity contribution in [3.8, 4) is 0 Å². The Morgan fingerprint density at radius 1 is 1.37 bits per heavy atom. The number of hydrazone groups is 1. The van der Waals surface area contributed by atoms with Crippen LogP contribution in [0.2, 0.25) is 0 Å². The summed E-state index contributed by atoms with van der Waals surface area (Å²) in [6, 6.07) is 7.49. The van der Waals surface area contributed by atoms with E-state index >= 15 is 0 Å². The zero-order valence-electron chi connectivity index (χ0n) is 10.8. The molecule has 0 heterocycles. The second-order valence-corrected chi connectivity index (χ2v) is 5.16. The monoisotopic (exact) mass is 325 g/mol. The van der Waals surface area contributed by atoms with E-state index in [0.717, 1.165) is 10.0 Å². The number of hydrogen-bond acceptors (Lipinski definition) is 3. The van der Waals surface area contributed by atoms with E-state index in [0.29, 0.717) is 0 Å². The van der Waals surface area contributed by atoms with E-state index < -0.39 is 5.91 Å². The highest BCUT2D eigenvalue weighted by Gasteiger charge is 2.08. The predicted octanol–water partition coefficient (Wildman–Crippen LogP) is 1.81. The molecule has 0 aliphatic carbocycles. The highest BCUT2D eigenvalue weighted by Crippen LogP contribution is 2.09. The van der Waals surface area contributed by atoms with Crippen LogP contribution < -0.4 is 10.7 Å². The SMILES string of the molecule is CC(C)NC(=O)CC(=O)N/N=C/c1cccc(Br)c1. The van der Waals surface area contributed by atoms with E-state index in [4.69, 9.17) is 0 Å². The third kappa shape index (κ3) is 6.71. The summed E-state index contributed by atoms with van der Waals surface area (Å²) in [5, 5.41) is 6.42. The Bertz CT molecular complexity index is 487. The maximum Gasteiger partial charge on any atom is 0.249 e. The molecule has 1 rings (SSSR count). The molecule has 0 aromatic heterocycles. The molecule has 0 aliphatic rings. The number of nitrogens with zero attached hydrogens (tertiary/aromatic N) is 1. The number of hydrogen-bond donors (Lipinski definition) is 2. The van der Waals surface area contributed by atoms with E-state index in [2.05, 4.69) is 31.8 Å². The molecule has 0 saturated heterocycles. The van der Waals surface area contributed by atoms with Gasteiger partial charge in [0.1, 0.15) is 6.42 Å². The Hall–Kier alpha value is -1.69. The van der Waals surface area contributed by atoms with E-state index in [9.17, 15) is 9.59 Å². The molecule has 0 saturated carbocycles. The summed E-state index contributed by atoms with van der Waals surface area (Å²) in [5.74, 6) is -0.755. The molecule has 1 aromatic rings. The molecule has 2 amide bonds. The van der Waals surface area contributed by atoms with Crippen molar-refractivity contribution in [2.75, 3.05) is 0 Å². The van der Waals surface area contributed by atoms with Crippen molar-refractivity contribution in [1.82, 2.24) is 10.7 Å². The van der Waals surface area contributed by atoms with Gasteiger partial charge in [-0.25, -0.2) is 5.43 Å². The van der Waals surface area contributed by atoms with Crippen molar-refractivity contribution in [3.05, 3.63) is 34.3 Å². The first-order valence-corrected chi connectivity index (χ1v) is 6.63. The number of halogens is 1. The van der Waals surface area contributed by atoms with Crippen molar-refractivity contribution in [3.63, 3.8) is 0 Å². The molecule has 1 aromatic carbocycles. The molecule has 0 spiro atoms. The summed E-state index contributed by atoms with van der Waals surface area (Å²) in [6.07, 6.45) is 1.29. The molecule has 0 atom stereocenters. The average molecular weight is 326 g/mol. The summed E-state index contributed by atoms with van der Waals surface area (Å²) in [4.78, 5) is 22.7. The summed E-state index contributed by atoms with van der Waals surface area (Å²) in [7, 11) is 0. The number of amides is 2. The fourth-order valence-electron chi connectivity index (χ4n) is 1.32. The second-order valence-electron chi connectivity index (χ2n) is 4.25. The Morgan fingerprint density at radius 3 is 2.74 bits per heavy atom. The zero-order valence-corrected chi connectivity index (χ0v) is 12.4. The third-order valence-electron chi connectivity index (χ3n) is 2.02. The lowest BCUT2D eigenvalue weighted by Gasteiger charge is -2.06. The summed E-state index contributed by atoms with van der Waals surface area (Å²) in [6.45, 7) is 3.67. The Labute approximate surface area is 120 Å². The van der Waals surface area contributed by atoms with Crippen LogP contribution in [0.5, 0.6) is 0 Å². The molecular weight excluding hydrogens is 310 g/mol. The predicted molar refractivity (Wildman–Crippen MR) is 77.8 cm³/mol. The minimum Gasteiger partial charge on any atom is -0.353 e. The molecular formula is C13H16BrN3O2. The highest BCUT2D eigenvalue weighted by molar-refractivity contribution is 9.10. The van der Waals surface area contributed by atoms with Gasteiger partial charge < -0.3 is 5.32 Å². The Morgan fingerprint density at radius 2 is 2.11 bits per heavy atom. The fraction of sp³-hybridized carbons (Fsp3) is 0.308. The van der Waals surface area contributed by atoms with Gasteiger partial charge >= 0.3 is 0 Å². The van der Waals surface area contributed by atoms with Crippen molar-refractivity contribution in [1.29, 1.82) is 0 Å².